The van der Waals surface area contributed by atoms with Gasteiger partial charge in [0.2, 0.25) is 5.91 Å². The minimum absolute atomic E-state index is 0.0986. The Balaban J connectivity index is 1.49. The Bertz CT molecular complexity index is 753. The molecule has 1 aromatic rings. The highest BCUT2D eigenvalue weighted by Crippen LogP contribution is 2.32. The summed E-state index contributed by atoms with van der Waals surface area (Å²) in [5, 5.41) is 5.74. The number of halogens is 3. The molecule has 1 saturated heterocycles. The highest BCUT2D eigenvalue weighted by atomic mass is 19.4. The van der Waals surface area contributed by atoms with Crippen LogP contribution in [0.1, 0.15) is 43.2 Å². The Hall–Kier alpha value is -2.42. The van der Waals surface area contributed by atoms with Gasteiger partial charge in [0.1, 0.15) is 0 Å². The normalized spacial score (nSPS) is 19.6. The molecule has 1 saturated carbocycles. The summed E-state index contributed by atoms with van der Waals surface area (Å²) in [5.74, 6) is -0.233. The lowest BCUT2D eigenvalue weighted by Crippen LogP contribution is -2.63. The van der Waals surface area contributed by atoms with Gasteiger partial charge in [-0.25, -0.2) is 0 Å². The van der Waals surface area contributed by atoms with Gasteiger partial charge in [0.15, 0.2) is 0 Å². The quantitative estimate of drug-likeness (QED) is 0.539. The molecule has 1 amide bonds. The second kappa shape index (κ2) is 8.94. The molecule has 29 heavy (non-hydrogen) atoms. The fourth-order valence-corrected chi connectivity index (χ4v) is 4.01. The molecule has 6 nitrogen and oxygen atoms in total. The number of hydrogen-bond donors (Lipinski definition) is 4. The van der Waals surface area contributed by atoms with E-state index in [-0.39, 0.29) is 35.4 Å². The summed E-state index contributed by atoms with van der Waals surface area (Å²) in [6, 6.07) is 3.75. The van der Waals surface area contributed by atoms with Crippen molar-refractivity contribution in [2.75, 3.05) is 25.4 Å². The average Bonchev–Trinajstić information content (AvgIpc) is 2.65. The van der Waals surface area contributed by atoms with Crippen LogP contribution >= 0.6 is 0 Å². The number of amides is 1. The maximum Gasteiger partial charge on any atom is 0.416 e. The molecule has 2 aliphatic rings. The zero-order chi connectivity index (χ0) is 21.0. The van der Waals surface area contributed by atoms with Crippen molar-refractivity contribution < 1.29 is 18.0 Å². The van der Waals surface area contributed by atoms with Crippen molar-refractivity contribution >= 4 is 17.3 Å². The summed E-state index contributed by atoms with van der Waals surface area (Å²) in [4.78, 5) is 14.6. The molecule has 1 aliphatic heterocycles. The molecule has 9 heteroatoms. The number of carbonyl (C=O) groups excluding carboxylic acids is 1. The largest absolute Gasteiger partial charge is 0.416 e. The molecule has 160 valence electrons. The van der Waals surface area contributed by atoms with E-state index in [0.29, 0.717) is 6.04 Å². The molecule has 0 atom stereocenters. The molecule has 0 unspecified atom stereocenters. The van der Waals surface area contributed by atoms with Crippen molar-refractivity contribution in [1.82, 2.24) is 15.5 Å². The summed E-state index contributed by atoms with van der Waals surface area (Å²) >= 11 is 0. The van der Waals surface area contributed by atoms with Crippen LogP contribution in [0.15, 0.2) is 24.4 Å². The third-order valence-electron chi connectivity index (χ3n) is 5.64. The topological polar surface area (TPSA) is 96.4 Å². The number of nitrogens with zero attached hydrogens (tertiary/aromatic N) is 1. The molecular formula is C20H28F3N5O. The number of alkyl halides is 3. The summed E-state index contributed by atoms with van der Waals surface area (Å²) in [5.41, 5.74) is 11.0. The molecule has 1 aromatic carbocycles. The Morgan fingerprint density at radius 3 is 2.52 bits per heavy atom. The summed E-state index contributed by atoms with van der Waals surface area (Å²) < 4.78 is 38.9. The monoisotopic (exact) mass is 411 g/mol. The first-order chi connectivity index (χ1) is 13.8. The van der Waals surface area contributed by atoms with E-state index in [1.807, 2.05) is 0 Å². The standard InChI is InChI=1S/C20H28F3N5O/c21-20(22,23)13-6-7-17(25)16(8-13)18(9-24)26-10-19(29)27-14-11-28(12-14)15-4-2-1-3-5-15/h6-9,14-15,26H,1-5,10-12,24-25H2,(H,27,29)/b18-9+. The predicted octanol–water partition coefficient (Wildman–Crippen LogP) is 2.27. The zero-order valence-electron chi connectivity index (χ0n) is 16.3. The van der Waals surface area contributed by atoms with Gasteiger partial charge in [-0.3, -0.25) is 9.69 Å². The maximum absolute atomic E-state index is 13.0. The van der Waals surface area contributed by atoms with E-state index in [1.54, 1.807) is 0 Å². The molecular weight excluding hydrogens is 383 g/mol. The lowest BCUT2D eigenvalue weighted by Gasteiger charge is -2.45. The van der Waals surface area contributed by atoms with Gasteiger partial charge in [-0.15, -0.1) is 0 Å². The molecule has 2 fully saturated rings. The van der Waals surface area contributed by atoms with Crippen molar-refractivity contribution in [1.29, 1.82) is 0 Å². The third-order valence-corrected chi connectivity index (χ3v) is 5.64. The first kappa shape index (κ1) is 21.3. The number of rotatable bonds is 6. The smallest absolute Gasteiger partial charge is 0.403 e. The highest BCUT2D eigenvalue weighted by Gasteiger charge is 2.34. The first-order valence-corrected chi connectivity index (χ1v) is 9.94. The number of nitrogens with one attached hydrogen (secondary N) is 2. The molecule has 0 radical (unpaired) electrons. The van der Waals surface area contributed by atoms with Crippen LogP contribution in [0.3, 0.4) is 0 Å². The minimum atomic E-state index is -4.49. The molecule has 1 aliphatic carbocycles. The fraction of sp³-hybridized carbons (Fsp3) is 0.550. The van der Waals surface area contributed by atoms with Gasteiger partial charge in [-0.05, 0) is 31.0 Å². The molecule has 3 rings (SSSR count). The Kier molecular flexibility index (Phi) is 6.56. The van der Waals surface area contributed by atoms with E-state index in [0.717, 1.165) is 31.4 Å². The number of benzene rings is 1. The number of carbonyl (C=O) groups is 1. The number of likely N-dealkylation sites (tertiary alicyclic amines) is 1. The van der Waals surface area contributed by atoms with Crippen LogP contribution in [0.5, 0.6) is 0 Å². The van der Waals surface area contributed by atoms with Gasteiger partial charge in [-0.1, -0.05) is 19.3 Å². The van der Waals surface area contributed by atoms with Crippen LogP contribution < -0.4 is 22.1 Å². The van der Waals surface area contributed by atoms with E-state index < -0.39 is 11.7 Å². The van der Waals surface area contributed by atoms with E-state index in [4.69, 9.17) is 11.5 Å². The second-order valence-corrected chi connectivity index (χ2v) is 7.74. The number of nitrogen functional groups attached to an aromatic ring is 1. The van der Waals surface area contributed by atoms with Gasteiger partial charge in [0.05, 0.1) is 23.8 Å². The molecule has 0 aromatic heterocycles. The van der Waals surface area contributed by atoms with E-state index in [1.165, 1.54) is 38.2 Å². The highest BCUT2D eigenvalue weighted by molar-refractivity contribution is 5.82. The summed E-state index contributed by atoms with van der Waals surface area (Å²) in [7, 11) is 0. The van der Waals surface area contributed by atoms with Gasteiger partial charge in [0.25, 0.3) is 0 Å². The second-order valence-electron chi connectivity index (χ2n) is 7.74. The predicted molar refractivity (Wildman–Crippen MR) is 106 cm³/mol. The summed E-state index contributed by atoms with van der Waals surface area (Å²) in [6.07, 6.45) is 2.94. The zero-order valence-corrected chi connectivity index (χ0v) is 16.3. The van der Waals surface area contributed by atoms with E-state index in [9.17, 15) is 18.0 Å². The van der Waals surface area contributed by atoms with Crippen LogP contribution in [0.25, 0.3) is 5.70 Å². The van der Waals surface area contributed by atoms with Crippen molar-refractivity contribution in [2.45, 2.75) is 50.4 Å². The van der Waals surface area contributed by atoms with Gasteiger partial charge in [0, 0.05) is 36.6 Å². The molecule has 0 bridgehead atoms. The van der Waals surface area contributed by atoms with Crippen molar-refractivity contribution in [3.63, 3.8) is 0 Å². The van der Waals surface area contributed by atoms with Crippen LogP contribution in [0, 0.1) is 0 Å². The molecule has 6 N–H and O–H groups in total. The average molecular weight is 411 g/mol. The van der Waals surface area contributed by atoms with Crippen LogP contribution in [-0.2, 0) is 11.0 Å². The number of anilines is 1. The minimum Gasteiger partial charge on any atom is -0.403 e. The lowest BCUT2D eigenvalue weighted by molar-refractivity contribution is -0.137. The third kappa shape index (κ3) is 5.35. The van der Waals surface area contributed by atoms with Crippen LogP contribution in [0.4, 0.5) is 18.9 Å². The van der Waals surface area contributed by atoms with Crippen molar-refractivity contribution in [2.24, 2.45) is 5.73 Å². The van der Waals surface area contributed by atoms with Gasteiger partial charge < -0.3 is 22.1 Å². The lowest BCUT2D eigenvalue weighted by atomic mass is 9.91. The number of nitrogens with two attached hydrogens (primary N) is 2. The first-order valence-electron chi connectivity index (χ1n) is 9.94. The van der Waals surface area contributed by atoms with E-state index >= 15 is 0 Å². The maximum atomic E-state index is 13.0. The molecule has 0 spiro atoms. The Morgan fingerprint density at radius 1 is 1.21 bits per heavy atom. The van der Waals surface area contributed by atoms with Crippen molar-refractivity contribution in [3.05, 3.63) is 35.5 Å². The fourth-order valence-electron chi connectivity index (χ4n) is 4.01. The van der Waals surface area contributed by atoms with Crippen LogP contribution in [0.2, 0.25) is 0 Å². The summed E-state index contributed by atoms with van der Waals surface area (Å²) in [6.45, 7) is 1.59. The van der Waals surface area contributed by atoms with Gasteiger partial charge in [-0.2, -0.15) is 13.2 Å². The van der Waals surface area contributed by atoms with Gasteiger partial charge >= 0.3 is 6.18 Å². The number of hydrogen-bond acceptors (Lipinski definition) is 5. The Labute approximate surface area is 168 Å². The SMILES string of the molecule is N/C=C(/NCC(=O)NC1CN(C2CCCCC2)C1)c1cc(C(F)(F)F)ccc1N. The van der Waals surface area contributed by atoms with Crippen molar-refractivity contribution in [3.8, 4) is 0 Å². The molecule has 1 heterocycles. The Morgan fingerprint density at radius 2 is 1.90 bits per heavy atom. The van der Waals surface area contributed by atoms with Crippen LogP contribution in [-0.4, -0.2) is 42.5 Å². The van der Waals surface area contributed by atoms with E-state index in [2.05, 4.69) is 15.5 Å².